The molecule has 25 heavy (non-hydrogen) atoms. The zero-order valence-electron chi connectivity index (χ0n) is 13.8. The number of nitrogens with zero attached hydrogens (tertiary/aromatic N) is 2. The second kappa shape index (κ2) is 6.90. The Bertz CT molecular complexity index is 878. The molecule has 0 saturated carbocycles. The van der Waals surface area contributed by atoms with Crippen LogP contribution in [0.15, 0.2) is 59.3 Å². The maximum atomic E-state index is 13.0. The number of para-hydroxylation sites is 1. The third-order valence-electron chi connectivity index (χ3n) is 4.07. The fourth-order valence-corrected chi connectivity index (χ4v) is 3.20. The largest absolute Gasteiger partial charge is 0.336 e. The molecule has 0 unspecified atom stereocenters. The van der Waals surface area contributed by atoms with Crippen LogP contribution in [0, 0.1) is 6.92 Å². The number of hydrogen-bond acceptors (Lipinski definition) is 3. The summed E-state index contributed by atoms with van der Waals surface area (Å²) in [6.07, 6.45) is 0. The number of carbonyl (C=O) groups excluding carboxylic acids is 2. The lowest BCUT2D eigenvalue weighted by molar-refractivity contribution is -0.120. The topological polar surface area (TPSA) is 40.6 Å². The van der Waals surface area contributed by atoms with Crippen LogP contribution in [0.1, 0.15) is 12.5 Å². The van der Waals surface area contributed by atoms with Crippen LogP contribution < -0.4 is 9.80 Å². The van der Waals surface area contributed by atoms with Crippen LogP contribution in [0.2, 0.25) is 5.02 Å². The molecular formula is C19H16Cl2N2O2. The number of carbonyl (C=O) groups is 2. The molecule has 2 amide bonds. The Morgan fingerprint density at radius 1 is 1.00 bits per heavy atom. The molecule has 2 aromatic carbocycles. The second-order valence-electron chi connectivity index (χ2n) is 5.62. The van der Waals surface area contributed by atoms with Gasteiger partial charge in [0.2, 0.25) is 0 Å². The molecular weight excluding hydrogens is 359 g/mol. The minimum absolute atomic E-state index is 0.0904. The minimum atomic E-state index is -0.545. The predicted molar refractivity (Wildman–Crippen MR) is 101 cm³/mol. The van der Waals surface area contributed by atoms with Crippen molar-refractivity contribution in [3.05, 3.63) is 69.8 Å². The van der Waals surface area contributed by atoms with Crippen molar-refractivity contribution in [3.63, 3.8) is 0 Å². The van der Waals surface area contributed by atoms with Gasteiger partial charge in [0.05, 0.1) is 5.69 Å². The van der Waals surface area contributed by atoms with Gasteiger partial charge in [0.25, 0.3) is 11.8 Å². The van der Waals surface area contributed by atoms with E-state index in [-0.39, 0.29) is 10.7 Å². The molecule has 0 N–H and O–H groups in total. The number of benzene rings is 2. The highest BCUT2D eigenvalue weighted by Crippen LogP contribution is 2.34. The zero-order valence-corrected chi connectivity index (χ0v) is 15.3. The number of hydrogen-bond donors (Lipinski definition) is 0. The molecule has 6 heteroatoms. The van der Waals surface area contributed by atoms with Crippen LogP contribution in [-0.2, 0) is 9.59 Å². The predicted octanol–water partition coefficient (Wildman–Crippen LogP) is 4.50. The maximum Gasteiger partial charge on any atom is 0.283 e. The summed E-state index contributed by atoms with van der Waals surface area (Å²) in [7, 11) is 0. The van der Waals surface area contributed by atoms with Crippen molar-refractivity contribution >= 4 is 46.4 Å². The maximum absolute atomic E-state index is 13.0. The van der Waals surface area contributed by atoms with Crippen molar-refractivity contribution in [1.29, 1.82) is 0 Å². The Balaban J connectivity index is 2.03. The highest BCUT2D eigenvalue weighted by molar-refractivity contribution is 6.53. The van der Waals surface area contributed by atoms with Gasteiger partial charge in [0.15, 0.2) is 0 Å². The summed E-state index contributed by atoms with van der Waals surface area (Å²) in [6.45, 7) is 4.25. The lowest BCUT2D eigenvalue weighted by atomic mass is 10.2. The first-order valence-corrected chi connectivity index (χ1v) is 8.58. The van der Waals surface area contributed by atoms with Gasteiger partial charge in [-0.25, -0.2) is 4.90 Å². The average Bonchev–Trinajstić information content (AvgIpc) is 2.83. The van der Waals surface area contributed by atoms with E-state index in [4.69, 9.17) is 23.2 Å². The molecule has 0 saturated heterocycles. The minimum Gasteiger partial charge on any atom is -0.336 e. The monoisotopic (exact) mass is 374 g/mol. The quantitative estimate of drug-likeness (QED) is 0.739. The van der Waals surface area contributed by atoms with E-state index in [0.717, 1.165) is 16.2 Å². The van der Waals surface area contributed by atoms with Gasteiger partial charge in [-0.05, 0) is 43.7 Å². The van der Waals surface area contributed by atoms with Crippen molar-refractivity contribution in [2.45, 2.75) is 13.8 Å². The standard InChI is InChI=1S/C19H16Cl2N2O2/c1-3-22(13-7-5-4-6-8-13)17-16(21)18(24)23(19(17)25)14-10-9-12(2)15(20)11-14/h4-11H,3H2,1-2H3. The number of amides is 2. The molecule has 1 aliphatic heterocycles. The van der Waals surface area contributed by atoms with Gasteiger partial charge >= 0.3 is 0 Å². The smallest absolute Gasteiger partial charge is 0.283 e. The summed E-state index contributed by atoms with van der Waals surface area (Å²) in [6, 6.07) is 14.4. The molecule has 0 atom stereocenters. The van der Waals surface area contributed by atoms with E-state index in [0.29, 0.717) is 17.3 Å². The molecule has 0 bridgehead atoms. The second-order valence-corrected chi connectivity index (χ2v) is 6.41. The lowest BCUT2D eigenvalue weighted by Gasteiger charge is -2.24. The molecule has 0 aliphatic carbocycles. The SMILES string of the molecule is CCN(C1=C(Cl)C(=O)N(c2ccc(C)c(Cl)c2)C1=O)c1ccccc1. The van der Waals surface area contributed by atoms with Gasteiger partial charge in [0, 0.05) is 17.3 Å². The molecule has 0 spiro atoms. The van der Waals surface area contributed by atoms with Crippen LogP contribution >= 0.6 is 23.2 Å². The van der Waals surface area contributed by atoms with E-state index in [1.54, 1.807) is 23.1 Å². The van der Waals surface area contributed by atoms with Crippen LogP contribution in [0.3, 0.4) is 0 Å². The van der Waals surface area contributed by atoms with Crippen LogP contribution in [-0.4, -0.2) is 18.4 Å². The first-order valence-electron chi connectivity index (χ1n) is 7.83. The van der Waals surface area contributed by atoms with E-state index in [1.165, 1.54) is 0 Å². The Hall–Kier alpha value is -2.30. The van der Waals surface area contributed by atoms with E-state index in [1.807, 2.05) is 44.2 Å². The Morgan fingerprint density at radius 2 is 1.68 bits per heavy atom. The number of imide groups is 1. The van der Waals surface area contributed by atoms with Crippen LogP contribution in [0.25, 0.3) is 0 Å². The van der Waals surface area contributed by atoms with Gasteiger partial charge < -0.3 is 4.90 Å². The Morgan fingerprint density at radius 3 is 2.28 bits per heavy atom. The summed E-state index contributed by atoms with van der Waals surface area (Å²) in [5.74, 6) is -1.00. The van der Waals surface area contributed by atoms with Crippen molar-refractivity contribution in [3.8, 4) is 0 Å². The number of anilines is 2. The van der Waals surface area contributed by atoms with E-state index in [2.05, 4.69) is 0 Å². The number of aryl methyl sites for hydroxylation is 1. The van der Waals surface area contributed by atoms with Crippen molar-refractivity contribution < 1.29 is 9.59 Å². The van der Waals surface area contributed by atoms with Crippen LogP contribution in [0.4, 0.5) is 11.4 Å². The molecule has 1 heterocycles. The summed E-state index contributed by atoms with van der Waals surface area (Å²) in [5, 5.41) is 0.394. The molecule has 128 valence electrons. The highest BCUT2D eigenvalue weighted by atomic mass is 35.5. The molecule has 0 radical (unpaired) electrons. The lowest BCUT2D eigenvalue weighted by Crippen LogP contribution is -2.35. The fourth-order valence-electron chi connectivity index (χ4n) is 2.76. The molecule has 1 aliphatic rings. The van der Waals surface area contributed by atoms with Crippen molar-refractivity contribution in [2.75, 3.05) is 16.3 Å². The first-order chi connectivity index (χ1) is 12.0. The summed E-state index contributed by atoms with van der Waals surface area (Å²) in [5.41, 5.74) is 2.24. The molecule has 0 fully saturated rings. The van der Waals surface area contributed by atoms with Gasteiger partial charge in [-0.15, -0.1) is 0 Å². The van der Waals surface area contributed by atoms with Crippen LogP contribution in [0.5, 0.6) is 0 Å². The number of halogens is 2. The van der Waals surface area contributed by atoms with Crippen molar-refractivity contribution in [1.82, 2.24) is 0 Å². The third-order valence-corrected chi connectivity index (χ3v) is 4.82. The fraction of sp³-hybridized carbons (Fsp3) is 0.158. The summed E-state index contributed by atoms with van der Waals surface area (Å²) >= 11 is 12.4. The van der Waals surface area contributed by atoms with E-state index >= 15 is 0 Å². The van der Waals surface area contributed by atoms with Gasteiger partial charge in [-0.3, -0.25) is 9.59 Å². The van der Waals surface area contributed by atoms with E-state index in [9.17, 15) is 9.59 Å². The van der Waals surface area contributed by atoms with Crippen molar-refractivity contribution in [2.24, 2.45) is 0 Å². The van der Waals surface area contributed by atoms with Gasteiger partial charge in [0.1, 0.15) is 10.7 Å². The molecule has 2 aromatic rings. The highest BCUT2D eigenvalue weighted by Gasteiger charge is 2.41. The Labute approximate surface area is 156 Å². The summed E-state index contributed by atoms with van der Waals surface area (Å²) in [4.78, 5) is 28.4. The molecule has 0 aromatic heterocycles. The number of rotatable bonds is 4. The third kappa shape index (κ3) is 3.03. The van der Waals surface area contributed by atoms with Gasteiger partial charge in [-0.2, -0.15) is 0 Å². The Kier molecular flexibility index (Phi) is 4.84. The zero-order chi connectivity index (χ0) is 18.1. The average molecular weight is 375 g/mol. The summed E-state index contributed by atoms with van der Waals surface area (Å²) < 4.78 is 0. The normalized spacial score (nSPS) is 14.5. The molecule has 4 nitrogen and oxygen atoms in total. The first kappa shape index (κ1) is 17.5. The van der Waals surface area contributed by atoms with E-state index < -0.39 is 11.8 Å². The van der Waals surface area contributed by atoms with Gasteiger partial charge in [-0.1, -0.05) is 47.5 Å². The number of likely N-dealkylation sites (N-methyl/N-ethyl adjacent to an activating group) is 1. The molecule has 3 rings (SSSR count).